The number of nitrogens with zero attached hydrogens (tertiary/aromatic N) is 3. The zero-order chi connectivity index (χ0) is 22.5. The van der Waals surface area contributed by atoms with Gasteiger partial charge in [-0.25, -0.2) is 0 Å². The molecule has 6 heteroatoms. The summed E-state index contributed by atoms with van der Waals surface area (Å²) in [7, 11) is 0. The Morgan fingerprint density at radius 3 is 2.59 bits per heavy atom. The minimum atomic E-state index is -0.387. The summed E-state index contributed by atoms with van der Waals surface area (Å²) in [5.74, 6) is -0.387. The van der Waals surface area contributed by atoms with E-state index in [1.165, 1.54) is 24.9 Å². The second kappa shape index (κ2) is 10.1. The molecule has 32 heavy (non-hydrogen) atoms. The van der Waals surface area contributed by atoms with Crippen molar-refractivity contribution in [2.45, 2.75) is 58.6 Å². The fourth-order valence-corrected chi connectivity index (χ4v) is 4.66. The van der Waals surface area contributed by atoms with Crippen molar-refractivity contribution >= 4 is 23.4 Å². The number of benzene rings is 1. The van der Waals surface area contributed by atoms with Crippen LogP contribution in [0.15, 0.2) is 35.9 Å². The summed E-state index contributed by atoms with van der Waals surface area (Å²) in [6.07, 6.45) is 7.85. The van der Waals surface area contributed by atoms with Crippen molar-refractivity contribution in [2.75, 3.05) is 29.9 Å². The topological polar surface area (TPSA) is 70.3 Å². The zero-order valence-corrected chi connectivity index (χ0v) is 19.1. The number of aromatic nitrogens is 1. The summed E-state index contributed by atoms with van der Waals surface area (Å²) >= 11 is 0. The van der Waals surface area contributed by atoms with E-state index in [-0.39, 0.29) is 17.6 Å². The van der Waals surface area contributed by atoms with Gasteiger partial charge in [-0.1, -0.05) is 0 Å². The molecular weight excluding hydrogens is 400 g/mol. The zero-order valence-electron chi connectivity index (χ0n) is 19.1. The van der Waals surface area contributed by atoms with E-state index in [0.717, 1.165) is 56.0 Å². The fourth-order valence-electron chi connectivity index (χ4n) is 4.66. The standard InChI is InChI=1S/C26H32N4O2/c1-19-15-21(20(2)30(19)18-25-7-6-14-32-25)16-22(17-27)26(31)28-23-8-10-24(11-9-23)29-12-4-3-5-13-29/h8-11,15-16,25H,3-7,12-14,18H2,1-2H3,(H,28,31)/b22-16+. The number of nitriles is 1. The Morgan fingerprint density at radius 1 is 1.19 bits per heavy atom. The molecule has 0 aliphatic carbocycles. The molecule has 2 fully saturated rings. The summed E-state index contributed by atoms with van der Waals surface area (Å²) < 4.78 is 7.99. The van der Waals surface area contributed by atoms with Gasteiger partial charge in [0.2, 0.25) is 0 Å². The summed E-state index contributed by atoms with van der Waals surface area (Å²) in [5, 5.41) is 12.5. The SMILES string of the molecule is Cc1cc(/C=C(\C#N)C(=O)Nc2ccc(N3CCCCC3)cc2)c(C)n1CC1CCCO1. The van der Waals surface area contributed by atoms with Gasteiger partial charge in [0.05, 0.1) is 6.10 Å². The van der Waals surface area contributed by atoms with Crippen LogP contribution in [-0.2, 0) is 16.1 Å². The first kappa shape index (κ1) is 22.2. The number of hydrogen-bond acceptors (Lipinski definition) is 4. The van der Waals surface area contributed by atoms with E-state index >= 15 is 0 Å². The average molecular weight is 433 g/mol. The molecule has 1 aromatic heterocycles. The van der Waals surface area contributed by atoms with Gasteiger partial charge < -0.3 is 19.5 Å². The summed E-state index contributed by atoms with van der Waals surface area (Å²) in [6.45, 7) is 7.88. The van der Waals surface area contributed by atoms with Gasteiger partial charge in [-0.3, -0.25) is 4.79 Å². The Kier molecular flexibility index (Phi) is 6.96. The van der Waals surface area contributed by atoms with Gasteiger partial charge in [-0.05, 0) is 87.9 Å². The summed E-state index contributed by atoms with van der Waals surface area (Å²) in [5.41, 5.74) is 5.02. The third-order valence-corrected chi connectivity index (χ3v) is 6.53. The van der Waals surface area contributed by atoms with Gasteiger partial charge in [0.25, 0.3) is 5.91 Å². The van der Waals surface area contributed by atoms with Gasteiger partial charge in [-0.15, -0.1) is 0 Å². The Hall–Kier alpha value is -3.04. The van der Waals surface area contributed by atoms with Crippen LogP contribution < -0.4 is 10.2 Å². The molecule has 0 bridgehead atoms. The summed E-state index contributed by atoms with van der Waals surface area (Å²) in [4.78, 5) is 15.2. The van der Waals surface area contributed by atoms with Crippen LogP contribution in [0.25, 0.3) is 6.08 Å². The first-order valence-electron chi connectivity index (χ1n) is 11.6. The number of aryl methyl sites for hydroxylation is 1. The molecule has 0 saturated carbocycles. The van der Waals surface area contributed by atoms with Crippen molar-refractivity contribution in [3.8, 4) is 6.07 Å². The third kappa shape index (κ3) is 5.05. The molecule has 4 rings (SSSR count). The number of rotatable bonds is 6. The maximum Gasteiger partial charge on any atom is 0.266 e. The molecule has 1 amide bonds. The van der Waals surface area contributed by atoms with Crippen LogP contribution >= 0.6 is 0 Å². The number of hydrogen-bond donors (Lipinski definition) is 1. The Bertz CT molecular complexity index is 1020. The molecule has 0 radical (unpaired) electrons. The first-order valence-corrected chi connectivity index (χ1v) is 11.6. The Balaban J connectivity index is 1.45. The Labute approximate surface area is 190 Å². The van der Waals surface area contributed by atoms with Crippen molar-refractivity contribution in [2.24, 2.45) is 0 Å². The predicted octanol–water partition coefficient (Wildman–Crippen LogP) is 4.82. The molecule has 1 unspecified atom stereocenters. The van der Waals surface area contributed by atoms with E-state index < -0.39 is 0 Å². The van der Waals surface area contributed by atoms with Crippen molar-refractivity contribution in [3.63, 3.8) is 0 Å². The van der Waals surface area contributed by atoms with Gasteiger partial charge >= 0.3 is 0 Å². The lowest BCUT2D eigenvalue weighted by Crippen LogP contribution is -2.29. The molecule has 2 aliphatic heterocycles. The van der Waals surface area contributed by atoms with Crippen LogP contribution in [-0.4, -0.2) is 36.3 Å². The number of carbonyl (C=O) groups excluding carboxylic acids is 1. The molecule has 1 N–H and O–H groups in total. The maximum absolute atomic E-state index is 12.8. The molecule has 2 aliphatic rings. The highest BCUT2D eigenvalue weighted by atomic mass is 16.5. The maximum atomic E-state index is 12.8. The van der Waals surface area contributed by atoms with Crippen LogP contribution in [0, 0.1) is 25.2 Å². The molecule has 1 atom stereocenters. The van der Waals surface area contributed by atoms with Gasteiger partial charge in [-0.2, -0.15) is 5.26 Å². The first-order chi connectivity index (χ1) is 15.5. The van der Waals surface area contributed by atoms with E-state index in [2.05, 4.69) is 27.8 Å². The molecule has 0 spiro atoms. The van der Waals surface area contributed by atoms with E-state index in [4.69, 9.17) is 4.74 Å². The quantitative estimate of drug-likeness (QED) is 0.525. The number of anilines is 2. The number of nitrogens with one attached hydrogen (secondary N) is 1. The van der Waals surface area contributed by atoms with Crippen LogP contribution in [0.1, 0.15) is 49.1 Å². The highest BCUT2D eigenvalue weighted by Crippen LogP contribution is 2.24. The van der Waals surface area contributed by atoms with Crippen LogP contribution in [0.4, 0.5) is 11.4 Å². The minimum Gasteiger partial charge on any atom is -0.376 e. The molecule has 3 heterocycles. The van der Waals surface area contributed by atoms with Crippen molar-refractivity contribution < 1.29 is 9.53 Å². The second-order valence-corrected chi connectivity index (χ2v) is 8.79. The largest absolute Gasteiger partial charge is 0.376 e. The normalized spacial score (nSPS) is 19.1. The molecule has 2 saturated heterocycles. The van der Waals surface area contributed by atoms with Crippen LogP contribution in [0.3, 0.4) is 0 Å². The lowest BCUT2D eigenvalue weighted by molar-refractivity contribution is -0.112. The van der Waals surface area contributed by atoms with E-state index in [1.54, 1.807) is 6.08 Å². The average Bonchev–Trinajstić information content (AvgIpc) is 3.42. The van der Waals surface area contributed by atoms with Crippen molar-refractivity contribution in [1.82, 2.24) is 4.57 Å². The number of piperidine rings is 1. The number of amides is 1. The second-order valence-electron chi connectivity index (χ2n) is 8.79. The lowest BCUT2D eigenvalue weighted by Gasteiger charge is -2.28. The Morgan fingerprint density at radius 2 is 1.94 bits per heavy atom. The van der Waals surface area contributed by atoms with Gasteiger partial charge in [0.1, 0.15) is 11.6 Å². The van der Waals surface area contributed by atoms with E-state index in [9.17, 15) is 10.1 Å². The van der Waals surface area contributed by atoms with Crippen LogP contribution in [0.5, 0.6) is 0 Å². The number of carbonyl (C=O) groups is 1. The van der Waals surface area contributed by atoms with Crippen molar-refractivity contribution in [1.29, 1.82) is 5.26 Å². The molecule has 168 valence electrons. The summed E-state index contributed by atoms with van der Waals surface area (Å²) in [6, 6.07) is 12.0. The number of ether oxygens (including phenoxy) is 1. The van der Waals surface area contributed by atoms with Crippen LogP contribution in [0.2, 0.25) is 0 Å². The fraction of sp³-hybridized carbons (Fsp3) is 0.462. The minimum absolute atomic E-state index is 0.0995. The van der Waals surface area contributed by atoms with Crippen molar-refractivity contribution in [3.05, 3.63) is 52.9 Å². The smallest absolute Gasteiger partial charge is 0.266 e. The van der Waals surface area contributed by atoms with Gasteiger partial charge in [0, 0.05) is 49.0 Å². The molecule has 1 aromatic carbocycles. The highest BCUT2D eigenvalue weighted by Gasteiger charge is 2.19. The predicted molar refractivity (Wildman–Crippen MR) is 128 cm³/mol. The molecule has 6 nitrogen and oxygen atoms in total. The van der Waals surface area contributed by atoms with Gasteiger partial charge in [0.15, 0.2) is 0 Å². The van der Waals surface area contributed by atoms with E-state index in [1.807, 2.05) is 37.3 Å². The molecule has 2 aromatic rings. The monoisotopic (exact) mass is 432 g/mol. The third-order valence-electron chi connectivity index (χ3n) is 6.53. The highest BCUT2D eigenvalue weighted by molar-refractivity contribution is 6.09. The lowest BCUT2D eigenvalue weighted by atomic mass is 10.1. The van der Waals surface area contributed by atoms with E-state index in [0.29, 0.717) is 5.69 Å². The molecular formula is C26H32N4O2.